The first-order chi connectivity index (χ1) is 7.10. The fourth-order valence-electron chi connectivity index (χ4n) is 1.27. The molecule has 0 spiro atoms. The number of benzene rings is 1. The summed E-state index contributed by atoms with van der Waals surface area (Å²) in [6, 6.07) is 4.30. The number of ether oxygens (including phenoxy) is 1. The van der Waals surface area contributed by atoms with E-state index in [9.17, 15) is 9.18 Å². The maximum Gasteiger partial charge on any atom is 0.168 e. The van der Waals surface area contributed by atoms with E-state index in [4.69, 9.17) is 4.74 Å². The molecule has 0 aliphatic rings. The highest BCUT2D eigenvalue weighted by Gasteiger charge is 2.17. The molecule has 0 aliphatic heterocycles. The Bertz CT molecular complexity index is 361. The third-order valence-corrected chi connectivity index (χ3v) is 2.50. The molecule has 0 amide bonds. The second-order valence-electron chi connectivity index (χ2n) is 3.52. The van der Waals surface area contributed by atoms with Crippen LogP contribution in [0.1, 0.15) is 30.6 Å². The normalized spacial score (nSPS) is 12.3. The van der Waals surface area contributed by atoms with E-state index in [2.05, 4.69) is 0 Å². The fourth-order valence-corrected chi connectivity index (χ4v) is 1.27. The van der Waals surface area contributed by atoms with Crippen molar-refractivity contribution < 1.29 is 13.9 Å². The summed E-state index contributed by atoms with van der Waals surface area (Å²) in [5.74, 6) is -0.390. The SMILES string of the molecule is CCC(C)C(=O)c1ccc(OC)cc1F. The Labute approximate surface area is 89.1 Å². The third kappa shape index (κ3) is 2.55. The third-order valence-electron chi connectivity index (χ3n) is 2.50. The van der Waals surface area contributed by atoms with Crippen LogP contribution in [0.5, 0.6) is 5.75 Å². The average molecular weight is 210 g/mol. The van der Waals surface area contributed by atoms with Crippen LogP contribution >= 0.6 is 0 Å². The molecule has 3 heteroatoms. The summed E-state index contributed by atoms with van der Waals surface area (Å²) in [4.78, 5) is 11.7. The van der Waals surface area contributed by atoms with Gasteiger partial charge in [-0.25, -0.2) is 4.39 Å². The molecule has 0 fully saturated rings. The number of Topliss-reactive ketones (excluding diaryl/α,β-unsaturated/α-hetero) is 1. The fraction of sp³-hybridized carbons (Fsp3) is 0.417. The molecule has 0 heterocycles. The van der Waals surface area contributed by atoms with Gasteiger partial charge in [0.1, 0.15) is 11.6 Å². The highest BCUT2D eigenvalue weighted by molar-refractivity contribution is 5.97. The Morgan fingerprint density at radius 3 is 2.67 bits per heavy atom. The number of methoxy groups -OCH3 is 1. The van der Waals surface area contributed by atoms with Gasteiger partial charge in [-0.05, 0) is 18.6 Å². The first kappa shape index (κ1) is 11.7. The number of carbonyl (C=O) groups is 1. The topological polar surface area (TPSA) is 26.3 Å². The second kappa shape index (κ2) is 4.91. The molecule has 0 aliphatic carbocycles. The van der Waals surface area contributed by atoms with Crippen LogP contribution in [0.3, 0.4) is 0 Å². The summed E-state index contributed by atoms with van der Waals surface area (Å²) in [6.07, 6.45) is 0.713. The van der Waals surface area contributed by atoms with Gasteiger partial charge >= 0.3 is 0 Å². The minimum atomic E-state index is -0.514. The molecule has 0 aromatic heterocycles. The van der Waals surface area contributed by atoms with Crippen molar-refractivity contribution in [2.75, 3.05) is 7.11 Å². The molecule has 15 heavy (non-hydrogen) atoms. The molecular formula is C12H15FO2. The van der Waals surface area contributed by atoms with Gasteiger partial charge in [-0.2, -0.15) is 0 Å². The predicted octanol–water partition coefficient (Wildman–Crippen LogP) is 3.06. The summed E-state index contributed by atoms with van der Waals surface area (Å²) >= 11 is 0. The lowest BCUT2D eigenvalue weighted by molar-refractivity contribution is 0.0923. The first-order valence-corrected chi connectivity index (χ1v) is 4.97. The van der Waals surface area contributed by atoms with E-state index < -0.39 is 5.82 Å². The minimum Gasteiger partial charge on any atom is -0.497 e. The molecule has 0 radical (unpaired) electrons. The smallest absolute Gasteiger partial charge is 0.168 e. The number of halogens is 1. The van der Waals surface area contributed by atoms with Crippen molar-refractivity contribution in [3.8, 4) is 5.75 Å². The van der Waals surface area contributed by atoms with Crippen LogP contribution in [0.15, 0.2) is 18.2 Å². The van der Waals surface area contributed by atoms with Gasteiger partial charge in [0.25, 0.3) is 0 Å². The number of hydrogen-bond donors (Lipinski definition) is 0. The van der Waals surface area contributed by atoms with Crippen LogP contribution in [-0.2, 0) is 0 Å². The maximum absolute atomic E-state index is 13.5. The van der Waals surface area contributed by atoms with Crippen LogP contribution in [0.4, 0.5) is 4.39 Å². The van der Waals surface area contributed by atoms with Gasteiger partial charge in [0.15, 0.2) is 5.78 Å². The lowest BCUT2D eigenvalue weighted by Gasteiger charge is -2.09. The van der Waals surface area contributed by atoms with E-state index in [0.717, 1.165) is 0 Å². The Balaban J connectivity index is 3.00. The number of rotatable bonds is 4. The van der Waals surface area contributed by atoms with Crippen molar-refractivity contribution in [1.29, 1.82) is 0 Å². The second-order valence-corrected chi connectivity index (χ2v) is 3.52. The van der Waals surface area contributed by atoms with Gasteiger partial charge in [0, 0.05) is 12.0 Å². The lowest BCUT2D eigenvalue weighted by Crippen LogP contribution is -2.12. The molecule has 0 saturated carbocycles. The van der Waals surface area contributed by atoms with Gasteiger partial charge in [0.05, 0.1) is 12.7 Å². The zero-order valence-electron chi connectivity index (χ0n) is 9.21. The summed E-state index contributed by atoms with van der Waals surface area (Å²) < 4.78 is 18.3. The maximum atomic E-state index is 13.5. The number of hydrogen-bond acceptors (Lipinski definition) is 2. The standard InChI is InChI=1S/C12H15FO2/c1-4-8(2)12(14)10-6-5-9(15-3)7-11(10)13/h5-8H,4H2,1-3H3. The largest absolute Gasteiger partial charge is 0.497 e. The van der Waals surface area contributed by atoms with Crippen molar-refractivity contribution in [3.63, 3.8) is 0 Å². The van der Waals surface area contributed by atoms with E-state index in [1.807, 2.05) is 6.92 Å². The highest BCUT2D eigenvalue weighted by Crippen LogP contribution is 2.19. The van der Waals surface area contributed by atoms with Crippen molar-refractivity contribution in [3.05, 3.63) is 29.6 Å². The molecule has 82 valence electrons. The molecule has 1 atom stereocenters. The molecule has 0 N–H and O–H groups in total. The van der Waals surface area contributed by atoms with Crippen molar-refractivity contribution in [2.45, 2.75) is 20.3 Å². The van der Waals surface area contributed by atoms with E-state index >= 15 is 0 Å². The summed E-state index contributed by atoms with van der Waals surface area (Å²) in [5, 5.41) is 0. The predicted molar refractivity (Wildman–Crippen MR) is 56.7 cm³/mol. The molecule has 1 rings (SSSR count). The van der Waals surface area contributed by atoms with Crippen LogP contribution in [0.25, 0.3) is 0 Å². The molecule has 1 aromatic carbocycles. The van der Waals surface area contributed by atoms with Crippen LogP contribution in [0, 0.1) is 11.7 Å². The zero-order chi connectivity index (χ0) is 11.4. The number of carbonyl (C=O) groups excluding carboxylic acids is 1. The van der Waals surface area contributed by atoms with Crippen LogP contribution in [-0.4, -0.2) is 12.9 Å². The lowest BCUT2D eigenvalue weighted by atomic mass is 9.97. The van der Waals surface area contributed by atoms with Crippen molar-refractivity contribution in [2.24, 2.45) is 5.92 Å². The average Bonchev–Trinajstić information content (AvgIpc) is 2.26. The summed E-state index contributed by atoms with van der Waals surface area (Å²) in [6.45, 7) is 3.70. The molecule has 2 nitrogen and oxygen atoms in total. The Morgan fingerprint density at radius 1 is 1.53 bits per heavy atom. The molecule has 1 unspecified atom stereocenters. The van der Waals surface area contributed by atoms with Crippen molar-refractivity contribution >= 4 is 5.78 Å². The quantitative estimate of drug-likeness (QED) is 0.714. The molecule has 0 saturated heterocycles. The van der Waals surface area contributed by atoms with Gasteiger partial charge in [-0.15, -0.1) is 0 Å². The Hall–Kier alpha value is -1.38. The minimum absolute atomic E-state index is 0.144. The van der Waals surface area contributed by atoms with Crippen LogP contribution in [0.2, 0.25) is 0 Å². The van der Waals surface area contributed by atoms with Crippen molar-refractivity contribution in [1.82, 2.24) is 0 Å². The molecular weight excluding hydrogens is 195 g/mol. The van der Waals surface area contributed by atoms with E-state index in [1.54, 1.807) is 13.0 Å². The van der Waals surface area contributed by atoms with Gasteiger partial charge in [-0.3, -0.25) is 4.79 Å². The Kier molecular flexibility index (Phi) is 3.83. The summed E-state index contributed by atoms with van der Waals surface area (Å²) in [5.41, 5.74) is 0.144. The first-order valence-electron chi connectivity index (χ1n) is 4.97. The highest BCUT2D eigenvalue weighted by atomic mass is 19.1. The Morgan fingerprint density at radius 2 is 2.20 bits per heavy atom. The molecule has 1 aromatic rings. The van der Waals surface area contributed by atoms with Gasteiger partial charge < -0.3 is 4.74 Å². The summed E-state index contributed by atoms with van der Waals surface area (Å²) in [7, 11) is 1.46. The zero-order valence-corrected chi connectivity index (χ0v) is 9.21. The number of ketones is 1. The van der Waals surface area contributed by atoms with Gasteiger partial charge in [0.2, 0.25) is 0 Å². The van der Waals surface area contributed by atoms with E-state index in [1.165, 1.54) is 19.2 Å². The molecule has 0 bridgehead atoms. The van der Waals surface area contributed by atoms with E-state index in [-0.39, 0.29) is 17.3 Å². The van der Waals surface area contributed by atoms with Gasteiger partial charge in [-0.1, -0.05) is 13.8 Å². The van der Waals surface area contributed by atoms with E-state index in [0.29, 0.717) is 12.2 Å². The monoisotopic (exact) mass is 210 g/mol. The van der Waals surface area contributed by atoms with Crippen LogP contribution < -0.4 is 4.74 Å².